The number of nitrogens with zero attached hydrogens (tertiary/aromatic N) is 1. The molecule has 1 heterocycles. The van der Waals surface area contributed by atoms with E-state index in [9.17, 15) is 0 Å². The predicted molar refractivity (Wildman–Crippen MR) is 143 cm³/mol. The van der Waals surface area contributed by atoms with Crippen molar-refractivity contribution in [3.63, 3.8) is 0 Å². The predicted octanol–water partition coefficient (Wildman–Crippen LogP) is 7.44. The lowest BCUT2D eigenvalue weighted by Gasteiger charge is -2.34. The first-order chi connectivity index (χ1) is 16.6. The van der Waals surface area contributed by atoms with Crippen LogP contribution in [0.3, 0.4) is 0 Å². The monoisotopic (exact) mass is 453 g/mol. The molecule has 0 aromatic heterocycles. The Morgan fingerprint density at radius 2 is 1.68 bits per heavy atom. The van der Waals surface area contributed by atoms with Gasteiger partial charge in [-0.25, -0.2) is 0 Å². The first kappa shape index (κ1) is 23.7. The van der Waals surface area contributed by atoms with Gasteiger partial charge in [-0.3, -0.25) is 0 Å². The summed E-state index contributed by atoms with van der Waals surface area (Å²) in [5, 5.41) is 0. The number of hydrogen-bond acceptors (Lipinski definition) is 3. The van der Waals surface area contributed by atoms with Gasteiger partial charge in [-0.05, 0) is 96.8 Å². The Labute approximate surface area is 204 Å². The highest BCUT2D eigenvalue weighted by molar-refractivity contribution is 5.75. The fourth-order valence-electron chi connectivity index (χ4n) is 4.84. The molecule has 4 rings (SSSR count). The van der Waals surface area contributed by atoms with Crippen LogP contribution >= 0.6 is 0 Å². The standard InChI is InChI=1S/C31H35NO2/c1-6-13-24-18-26(17-23(8-3)30(24)33-9-4)28-19-25(14-7-2)31-29(22(28)5)20-32(21-34-31)27-15-11-10-12-16-27/h6-7,10-12,15-19H,1-2,8-9,13-14,20-21H2,3-5H3. The van der Waals surface area contributed by atoms with Crippen LogP contribution < -0.4 is 14.4 Å². The first-order valence-electron chi connectivity index (χ1n) is 12.2. The van der Waals surface area contributed by atoms with Crippen LogP contribution in [0.5, 0.6) is 11.5 Å². The van der Waals surface area contributed by atoms with Gasteiger partial charge in [0.2, 0.25) is 0 Å². The van der Waals surface area contributed by atoms with Crippen molar-refractivity contribution in [3.05, 3.63) is 102 Å². The lowest BCUT2D eigenvalue weighted by Crippen LogP contribution is -2.33. The van der Waals surface area contributed by atoms with Gasteiger partial charge < -0.3 is 14.4 Å². The summed E-state index contributed by atoms with van der Waals surface area (Å²) >= 11 is 0. The molecule has 0 spiro atoms. The molecule has 0 saturated carbocycles. The number of para-hydroxylation sites is 1. The van der Waals surface area contributed by atoms with E-state index in [1.54, 1.807) is 0 Å². The van der Waals surface area contributed by atoms with Crippen molar-refractivity contribution in [2.75, 3.05) is 18.2 Å². The smallest absolute Gasteiger partial charge is 0.161 e. The van der Waals surface area contributed by atoms with Crippen molar-refractivity contribution in [2.45, 2.75) is 46.6 Å². The van der Waals surface area contributed by atoms with E-state index in [-0.39, 0.29) is 0 Å². The maximum atomic E-state index is 6.35. The molecule has 0 bridgehead atoms. The quantitative estimate of drug-likeness (QED) is 0.314. The lowest BCUT2D eigenvalue weighted by atomic mass is 9.88. The largest absolute Gasteiger partial charge is 0.493 e. The second kappa shape index (κ2) is 10.6. The van der Waals surface area contributed by atoms with Gasteiger partial charge in [-0.1, -0.05) is 37.3 Å². The molecular formula is C31H35NO2. The normalized spacial score (nSPS) is 12.6. The van der Waals surface area contributed by atoms with Gasteiger partial charge in [0, 0.05) is 11.3 Å². The third-order valence-corrected chi connectivity index (χ3v) is 6.53. The highest BCUT2D eigenvalue weighted by Gasteiger charge is 2.25. The second-order valence-corrected chi connectivity index (χ2v) is 8.72. The average molecular weight is 454 g/mol. The topological polar surface area (TPSA) is 21.7 Å². The molecule has 0 aliphatic carbocycles. The van der Waals surface area contributed by atoms with E-state index in [0.29, 0.717) is 13.3 Å². The Balaban J connectivity index is 1.86. The molecule has 0 radical (unpaired) electrons. The van der Waals surface area contributed by atoms with E-state index in [4.69, 9.17) is 9.47 Å². The summed E-state index contributed by atoms with van der Waals surface area (Å²) in [6, 6.07) is 17.3. The van der Waals surface area contributed by atoms with Crippen molar-refractivity contribution in [1.82, 2.24) is 0 Å². The van der Waals surface area contributed by atoms with E-state index in [0.717, 1.165) is 37.3 Å². The zero-order valence-corrected chi connectivity index (χ0v) is 20.7. The molecule has 0 unspecified atom stereocenters. The number of benzene rings is 3. The maximum absolute atomic E-state index is 6.35. The molecule has 176 valence electrons. The number of hydrogen-bond donors (Lipinski definition) is 0. The van der Waals surface area contributed by atoms with Gasteiger partial charge >= 0.3 is 0 Å². The van der Waals surface area contributed by atoms with Gasteiger partial charge in [0.25, 0.3) is 0 Å². The van der Waals surface area contributed by atoms with Gasteiger partial charge in [0.05, 0.1) is 13.2 Å². The van der Waals surface area contributed by atoms with Crippen LogP contribution in [0.25, 0.3) is 11.1 Å². The van der Waals surface area contributed by atoms with Crippen LogP contribution in [0.1, 0.15) is 41.7 Å². The molecule has 0 atom stereocenters. The number of rotatable bonds is 9. The third-order valence-electron chi connectivity index (χ3n) is 6.53. The molecule has 0 saturated heterocycles. The summed E-state index contributed by atoms with van der Waals surface area (Å²) < 4.78 is 12.4. The second-order valence-electron chi connectivity index (χ2n) is 8.72. The van der Waals surface area contributed by atoms with Crippen LogP contribution in [-0.4, -0.2) is 13.3 Å². The van der Waals surface area contributed by atoms with Crippen LogP contribution in [0.4, 0.5) is 5.69 Å². The first-order valence-corrected chi connectivity index (χ1v) is 12.2. The summed E-state index contributed by atoms with van der Waals surface area (Å²) in [6.45, 7) is 16.4. The Bertz CT molecular complexity index is 1180. The maximum Gasteiger partial charge on any atom is 0.161 e. The number of fused-ring (bicyclic) bond motifs is 1. The van der Waals surface area contributed by atoms with Crippen molar-refractivity contribution < 1.29 is 9.47 Å². The molecule has 3 aromatic carbocycles. The molecule has 1 aliphatic heterocycles. The molecule has 0 amide bonds. The van der Waals surface area contributed by atoms with Crippen LogP contribution in [-0.2, 0) is 25.8 Å². The van der Waals surface area contributed by atoms with E-state index >= 15 is 0 Å². The summed E-state index contributed by atoms with van der Waals surface area (Å²) in [5.41, 5.74) is 9.77. The SMILES string of the molecule is C=CCc1cc(-c2cc(CC=C)c3c(c2C)CN(c2ccccc2)CO3)cc(CC)c1OCC. The average Bonchev–Trinajstić information content (AvgIpc) is 2.87. The van der Waals surface area contributed by atoms with E-state index in [2.05, 4.69) is 74.4 Å². The molecule has 34 heavy (non-hydrogen) atoms. The van der Waals surface area contributed by atoms with Crippen molar-refractivity contribution >= 4 is 5.69 Å². The number of ether oxygens (including phenoxy) is 2. The summed E-state index contributed by atoms with van der Waals surface area (Å²) in [6.07, 6.45) is 6.39. The Morgan fingerprint density at radius 1 is 0.971 bits per heavy atom. The molecule has 3 aromatic rings. The summed E-state index contributed by atoms with van der Waals surface area (Å²) in [7, 11) is 0. The molecule has 1 aliphatic rings. The van der Waals surface area contributed by atoms with Crippen LogP contribution in [0, 0.1) is 6.92 Å². The minimum atomic E-state index is 0.548. The Hall–Kier alpha value is -3.46. The molecule has 3 heteroatoms. The highest BCUT2D eigenvalue weighted by atomic mass is 16.5. The third kappa shape index (κ3) is 4.61. The van der Waals surface area contributed by atoms with Crippen LogP contribution in [0.15, 0.2) is 73.8 Å². The molecule has 0 N–H and O–H groups in total. The number of anilines is 1. The summed E-state index contributed by atoms with van der Waals surface area (Å²) in [4.78, 5) is 2.29. The fourth-order valence-corrected chi connectivity index (χ4v) is 4.84. The zero-order valence-electron chi connectivity index (χ0n) is 20.7. The molecule has 3 nitrogen and oxygen atoms in total. The summed E-state index contributed by atoms with van der Waals surface area (Å²) in [5.74, 6) is 2.02. The van der Waals surface area contributed by atoms with Crippen molar-refractivity contribution in [1.29, 1.82) is 0 Å². The van der Waals surface area contributed by atoms with E-state index in [1.807, 2.05) is 25.1 Å². The van der Waals surface area contributed by atoms with Crippen LogP contribution in [0.2, 0.25) is 0 Å². The van der Waals surface area contributed by atoms with Gasteiger partial charge in [-0.2, -0.15) is 0 Å². The Kier molecular flexibility index (Phi) is 7.42. The van der Waals surface area contributed by atoms with E-state index < -0.39 is 0 Å². The van der Waals surface area contributed by atoms with Gasteiger partial charge in [-0.15, -0.1) is 13.2 Å². The van der Waals surface area contributed by atoms with Crippen molar-refractivity contribution in [2.24, 2.45) is 0 Å². The molecule has 0 fully saturated rings. The molecular weight excluding hydrogens is 418 g/mol. The minimum absolute atomic E-state index is 0.548. The van der Waals surface area contributed by atoms with Gasteiger partial charge in [0.15, 0.2) is 6.73 Å². The lowest BCUT2D eigenvalue weighted by molar-refractivity contribution is 0.286. The van der Waals surface area contributed by atoms with E-state index in [1.165, 1.54) is 44.6 Å². The number of aryl methyl sites for hydroxylation is 1. The van der Waals surface area contributed by atoms with Crippen molar-refractivity contribution in [3.8, 4) is 22.6 Å². The van der Waals surface area contributed by atoms with Gasteiger partial charge in [0.1, 0.15) is 11.5 Å². The Morgan fingerprint density at radius 3 is 2.35 bits per heavy atom. The fraction of sp³-hybridized carbons (Fsp3) is 0.290. The highest BCUT2D eigenvalue weighted by Crippen LogP contribution is 2.41. The minimum Gasteiger partial charge on any atom is -0.493 e. The number of allylic oxidation sites excluding steroid dienone is 2. The zero-order chi connectivity index (χ0) is 24.1.